The van der Waals surface area contributed by atoms with Gasteiger partial charge in [0.1, 0.15) is 6.61 Å². The van der Waals surface area contributed by atoms with Crippen LogP contribution in [0.15, 0.2) is 0 Å². The van der Waals surface area contributed by atoms with E-state index in [2.05, 4.69) is 5.32 Å². The molecule has 1 rings (SSSR count). The lowest BCUT2D eigenvalue weighted by Crippen LogP contribution is -2.43. The van der Waals surface area contributed by atoms with Gasteiger partial charge in [-0.3, -0.25) is 33.9 Å². The van der Waals surface area contributed by atoms with Crippen LogP contribution < -0.4 is 5.32 Å². The summed E-state index contributed by atoms with van der Waals surface area (Å²) in [6, 6.07) is 0. The van der Waals surface area contributed by atoms with E-state index in [1.54, 1.807) is 9.80 Å². The van der Waals surface area contributed by atoms with Crippen molar-refractivity contribution in [2.75, 3.05) is 78.7 Å². The molecule has 0 radical (unpaired) electrons. The number of hydrogen-bond donors (Lipinski definition) is 3. The normalized spacial score (nSPS) is 17.3. The second-order valence-electron chi connectivity index (χ2n) is 6.72. The molecule has 0 spiro atoms. The molecule has 0 aliphatic carbocycles. The molecule has 160 valence electrons. The number of aliphatic carboxylic acids is 2. The Morgan fingerprint density at radius 1 is 0.821 bits per heavy atom. The van der Waals surface area contributed by atoms with Gasteiger partial charge in [-0.05, 0) is 6.92 Å². The molecule has 1 aliphatic heterocycles. The Balaban J connectivity index is 2.52. The number of carbonyl (C=O) groups excluding carboxylic acids is 2. The van der Waals surface area contributed by atoms with E-state index in [-0.39, 0.29) is 51.1 Å². The number of rotatable bonds is 11. The first-order chi connectivity index (χ1) is 13.3. The van der Waals surface area contributed by atoms with Crippen molar-refractivity contribution in [2.24, 2.45) is 0 Å². The number of ether oxygens (including phenoxy) is 1. The third-order valence-electron chi connectivity index (χ3n) is 4.16. The van der Waals surface area contributed by atoms with E-state index in [1.165, 1.54) is 6.92 Å². The van der Waals surface area contributed by atoms with Crippen molar-refractivity contribution in [3.8, 4) is 0 Å². The molecule has 0 aromatic rings. The molecule has 0 aromatic heterocycles. The molecule has 1 heterocycles. The minimum absolute atomic E-state index is 0.0147. The van der Waals surface area contributed by atoms with Crippen LogP contribution in [0, 0.1) is 0 Å². The van der Waals surface area contributed by atoms with E-state index < -0.39 is 11.9 Å². The molecule has 1 amide bonds. The van der Waals surface area contributed by atoms with Gasteiger partial charge in [-0.2, -0.15) is 0 Å². The first-order valence-corrected chi connectivity index (χ1v) is 9.20. The van der Waals surface area contributed by atoms with Crippen LogP contribution in [-0.4, -0.2) is 127 Å². The van der Waals surface area contributed by atoms with Crippen LogP contribution in [-0.2, 0) is 23.9 Å². The van der Waals surface area contributed by atoms with Crippen LogP contribution in [0.3, 0.4) is 0 Å². The molecule has 3 N–H and O–H groups in total. The molecule has 0 saturated carbocycles. The fourth-order valence-corrected chi connectivity index (χ4v) is 2.78. The van der Waals surface area contributed by atoms with E-state index >= 15 is 0 Å². The van der Waals surface area contributed by atoms with Gasteiger partial charge >= 0.3 is 11.9 Å². The minimum atomic E-state index is -0.945. The molecular weight excluding hydrogens is 372 g/mol. The zero-order valence-corrected chi connectivity index (χ0v) is 16.3. The van der Waals surface area contributed by atoms with Gasteiger partial charge in [-0.15, -0.1) is 0 Å². The quantitative estimate of drug-likeness (QED) is 0.326. The summed E-state index contributed by atoms with van der Waals surface area (Å²) in [6.45, 7) is 4.68. The first-order valence-electron chi connectivity index (χ1n) is 9.20. The molecule has 11 heteroatoms. The summed E-state index contributed by atoms with van der Waals surface area (Å²) in [5.41, 5.74) is 0. The van der Waals surface area contributed by atoms with Gasteiger partial charge in [-0.1, -0.05) is 0 Å². The highest BCUT2D eigenvalue weighted by Crippen LogP contribution is 2.01. The summed E-state index contributed by atoms with van der Waals surface area (Å²) in [5.74, 6) is -2.18. The topological polar surface area (TPSA) is 140 Å². The van der Waals surface area contributed by atoms with E-state index in [1.807, 2.05) is 4.90 Å². The van der Waals surface area contributed by atoms with Crippen molar-refractivity contribution in [3.05, 3.63) is 0 Å². The molecule has 11 nitrogen and oxygen atoms in total. The average Bonchev–Trinajstić information content (AvgIpc) is 2.66. The molecule has 1 saturated heterocycles. The number of ketones is 1. The largest absolute Gasteiger partial charge is 0.480 e. The van der Waals surface area contributed by atoms with Crippen LogP contribution in [0.1, 0.15) is 6.92 Å². The second kappa shape index (κ2) is 13.2. The molecule has 0 atom stereocenters. The number of Topliss-reactive ketones (excluding diaryl/α,β-unsaturated/α-hetero) is 1. The zero-order chi connectivity index (χ0) is 20.9. The monoisotopic (exact) mass is 402 g/mol. The smallest absolute Gasteiger partial charge is 0.317 e. The second-order valence-corrected chi connectivity index (χ2v) is 6.72. The summed E-state index contributed by atoms with van der Waals surface area (Å²) in [4.78, 5) is 50.3. The third-order valence-corrected chi connectivity index (χ3v) is 4.16. The van der Waals surface area contributed by atoms with Crippen LogP contribution in [0.25, 0.3) is 0 Å². The molecule has 28 heavy (non-hydrogen) atoms. The van der Waals surface area contributed by atoms with Gasteiger partial charge in [0, 0.05) is 45.8 Å². The Hall–Kier alpha value is -2.08. The summed E-state index contributed by atoms with van der Waals surface area (Å²) in [7, 11) is 0. The molecular formula is C17H30N4O7. The minimum Gasteiger partial charge on any atom is -0.480 e. The maximum atomic E-state index is 12.1. The van der Waals surface area contributed by atoms with Crippen LogP contribution in [0.5, 0.6) is 0 Å². The number of carboxylic acids is 2. The predicted molar refractivity (Wildman–Crippen MR) is 99.1 cm³/mol. The average molecular weight is 402 g/mol. The van der Waals surface area contributed by atoms with Crippen molar-refractivity contribution < 1.29 is 34.1 Å². The molecule has 0 bridgehead atoms. The Morgan fingerprint density at radius 2 is 1.25 bits per heavy atom. The van der Waals surface area contributed by atoms with E-state index in [9.17, 15) is 19.2 Å². The van der Waals surface area contributed by atoms with Gasteiger partial charge < -0.3 is 20.3 Å². The van der Waals surface area contributed by atoms with Crippen molar-refractivity contribution in [2.45, 2.75) is 6.92 Å². The first kappa shape index (κ1) is 24.0. The molecule has 1 fully saturated rings. The number of hydrogen-bond acceptors (Lipinski definition) is 8. The lowest BCUT2D eigenvalue weighted by molar-refractivity contribution is -0.140. The Kier molecular flexibility index (Phi) is 11.3. The predicted octanol–water partition coefficient (Wildman–Crippen LogP) is -2.20. The van der Waals surface area contributed by atoms with Crippen molar-refractivity contribution in [1.29, 1.82) is 0 Å². The van der Waals surface area contributed by atoms with Crippen LogP contribution >= 0.6 is 0 Å². The maximum absolute atomic E-state index is 12.1. The summed E-state index contributed by atoms with van der Waals surface area (Å²) < 4.78 is 5.09. The van der Waals surface area contributed by atoms with Crippen molar-refractivity contribution in [3.63, 3.8) is 0 Å². The highest BCUT2D eigenvalue weighted by atomic mass is 16.5. The summed E-state index contributed by atoms with van der Waals surface area (Å²) in [6.07, 6.45) is 0. The number of carboxylic acid groups (broad SMARTS) is 2. The maximum Gasteiger partial charge on any atom is 0.317 e. The fourth-order valence-electron chi connectivity index (χ4n) is 2.78. The van der Waals surface area contributed by atoms with E-state index in [0.717, 1.165) is 0 Å². The lowest BCUT2D eigenvalue weighted by Gasteiger charge is -2.24. The van der Waals surface area contributed by atoms with Gasteiger partial charge in [0.2, 0.25) is 5.91 Å². The number of carbonyl (C=O) groups is 4. The van der Waals surface area contributed by atoms with Gasteiger partial charge in [0.15, 0.2) is 5.78 Å². The Labute approximate surface area is 164 Å². The highest BCUT2D eigenvalue weighted by molar-refractivity contribution is 5.78. The Morgan fingerprint density at radius 3 is 1.64 bits per heavy atom. The standard InChI is InChI=1S/C17H30N4O7/c1-14(22)13-28-9-2-18-15(23)10-19-3-5-20(11-16(24)25)7-8-21(6-4-19)12-17(26)27/h2-13H2,1H3,(H,18,23)(H,24,25)(H,26,27). The highest BCUT2D eigenvalue weighted by Gasteiger charge is 2.20. The SMILES string of the molecule is CC(=O)COCCNC(=O)CN1CCN(CC(=O)O)CCN(CC(=O)O)CC1. The molecule has 0 unspecified atom stereocenters. The van der Waals surface area contributed by atoms with Crippen molar-refractivity contribution >= 4 is 23.6 Å². The molecule has 1 aliphatic rings. The van der Waals surface area contributed by atoms with Gasteiger partial charge in [0.05, 0.1) is 26.2 Å². The van der Waals surface area contributed by atoms with E-state index in [0.29, 0.717) is 39.3 Å². The molecule has 0 aromatic carbocycles. The zero-order valence-electron chi connectivity index (χ0n) is 16.3. The number of amides is 1. The van der Waals surface area contributed by atoms with Gasteiger partial charge in [-0.25, -0.2) is 0 Å². The lowest BCUT2D eigenvalue weighted by atomic mass is 10.4. The fraction of sp³-hybridized carbons (Fsp3) is 0.765. The summed E-state index contributed by atoms with van der Waals surface area (Å²) >= 11 is 0. The van der Waals surface area contributed by atoms with Crippen LogP contribution in [0.4, 0.5) is 0 Å². The van der Waals surface area contributed by atoms with Crippen LogP contribution in [0.2, 0.25) is 0 Å². The van der Waals surface area contributed by atoms with Gasteiger partial charge in [0.25, 0.3) is 0 Å². The Bertz CT molecular complexity index is 516. The third kappa shape index (κ3) is 11.6. The summed E-state index contributed by atoms with van der Waals surface area (Å²) in [5, 5.41) is 20.8. The van der Waals surface area contributed by atoms with Crippen molar-refractivity contribution in [1.82, 2.24) is 20.0 Å². The number of nitrogens with zero attached hydrogens (tertiary/aromatic N) is 3. The number of nitrogens with one attached hydrogen (secondary N) is 1. The van der Waals surface area contributed by atoms with E-state index in [4.69, 9.17) is 14.9 Å².